The van der Waals surface area contributed by atoms with E-state index >= 15 is 0 Å². The zero-order chi connectivity index (χ0) is 16.3. The van der Waals surface area contributed by atoms with Crippen LogP contribution in [0.2, 0.25) is 0 Å². The number of nitrogens with one attached hydrogen (secondary N) is 3. The number of hydrogen-bond acceptors (Lipinski definition) is 4. The summed E-state index contributed by atoms with van der Waals surface area (Å²) in [5, 5.41) is 9.07. The van der Waals surface area contributed by atoms with Crippen molar-refractivity contribution in [2.75, 3.05) is 19.6 Å². The summed E-state index contributed by atoms with van der Waals surface area (Å²) in [6.07, 6.45) is 3.22. The molecule has 1 amide bonds. The second kappa shape index (κ2) is 9.24. The first-order valence-electron chi connectivity index (χ1n) is 7.53. The molecule has 0 unspecified atom stereocenters. The predicted molar refractivity (Wildman–Crippen MR) is 88.1 cm³/mol. The van der Waals surface area contributed by atoms with Crippen LogP contribution in [0, 0.1) is 0 Å². The van der Waals surface area contributed by atoms with Gasteiger partial charge >= 0.3 is 0 Å². The smallest absolute Gasteiger partial charge is 0.287 e. The highest BCUT2D eigenvalue weighted by molar-refractivity contribution is 5.91. The van der Waals surface area contributed by atoms with E-state index in [1.165, 1.54) is 6.26 Å². The van der Waals surface area contributed by atoms with Crippen molar-refractivity contribution in [2.24, 2.45) is 4.99 Å². The molecule has 3 N–H and O–H groups in total. The van der Waals surface area contributed by atoms with Crippen molar-refractivity contribution in [3.8, 4) is 0 Å². The maximum atomic E-state index is 11.7. The fourth-order valence-electron chi connectivity index (χ4n) is 1.85. The van der Waals surface area contributed by atoms with E-state index in [-0.39, 0.29) is 5.91 Å². The lowest BCUT2D eigenvalue weighted by atomic mass is 10.3. The molecule has 0 saturated heterocycles. The standard InChI is InChI=1S/C16H21N5O2/c1-2-17-16(21-12-13-6-3-4-8-18-13)20-10-9-19-15(22)14-7-5-11-23-14/h3-8,11H,2,9-10,12H2,1H3,(H,19,22)(H2,17,20,21). The number of nitrogens with zero attached hydrogens (tertiary/aromatic N) is 2. The van der Waals surface area contributed by atoms with Crippen molar-refractivity contribution < 1.29 is 9.21 Å². The molecule has 2 aromatic heterocycles. The van der Waals surface area contributed by atoms with Gasteiger partial charge in [-0.15, -0.1) is 0 Å². The third-order valence-electron chi connectivity index (χ3n) is 2.92. The quantitative estimate of drug-likeness (QED) is 0.405. The Balaban J connectivity index is 1.75. The molecule has 2 heterocycles. The Labute approximate surface area is 135 Å². The van der Waals surface area contributed by atoms with Crippen LogP contribution in [-0.2, 0) is 6.54 Å². The molecule has 122 valence electrons. The van der Waals surface area contributed by atoms with Gasteiger partial charge in [0.2, 0.25) is 0 Å². The number of guanidine groups is 1. The number of aromatic nitrogens is 1. The Hall–Kier alpha value is -2.83. The molecule has 0 aliphatic heterocycles. The molecule has 2 aromatic rings. The van der Waals surface area contributed by atoms with Crippen molar-refractivity contribution in [1.29, 1.82) is 0 Å². The van der Waals surface area contributed by atoms with E-state index < -0.39 is 0 Å². The van der Waals surface area contributed by atoms with Crippen molar-refractivity contribution in [3.05, 3.63) is 54.2 Å². The van der Waals surface area contributed by atoms with E-state index in [4.69, 9.17) is 4.42 Å². The SMILES string of the molecule is CCNC(=NCc1ccccn1)NCCNC(=O)c1ccco1. The molecule has 7 nitrogen and oxygen atoms in total. The summed E-state index contributed by atoms with van der Waals surface area (Å²) in [6, 6.07) is 9.04. The molecule has 23 heavy (non-hydrogen) atoms. The van der Waals surface area contributed by atoms with Gasteiger partial charge in [0.25, 0.3) is 5.91 Å². The van der Waals surface area contributed by atoms with Crippen molar-refractivity contribution in [1.82, 2.24) is 20.9 Å². The molecule has 0 fully saturated rings. The van der Waals surface area contributed by atoms with Crippen LogP contribution < -0.4 is 16.0 Å². The monoisotopic (exact) mass is 315 g/mol. The van der Waals surface area contributed by atoms with Gasteiger partial charge in [-0.3, -0.25) is 9.78 Å². The lowest BCUT2D eigenvalue weighted by Gasteiger charge is -2.11. The van der Waals surface area contributed by atoms with Crippen molar-refractivity contribution >= 4 is 11.9 Å². The second-order valence-corrected chi connectivity index (χ2v) is 4.68. The first-order valence-corrected chi connectivity index (χ1v) is 7.53. The number of carbonyl (C=O) groups excluding carboxylic acids is 1. The topological polar surface area (TPSA) is 91.5 Å². The third kappa shape index (κ3) is 5.82. The van der Waals surface area contributed by atoms with Crippen molar-refractivity contribution in [2.45, 2.75) is 13.5 Å². The molecule has 0 radical (unpaired) electrons. The maximum Gasteiger partial charge on any atom is 0.287 e. The van der Waals surface area contributed by atoms with E-state index in [1.807, 2.05) is 25.1 Å². The van der Waals surface area contributed by atoms with Crippen LogP contribution in [-0.4, -0.2) is 36.5 Å². The molecular formula is C16H21N5O2. The van der Waals surface area contributed by atoms with E-state index in [0.29, 0.717) is 31.4 Å². The fraction of sp³-hybridized carbons (Fsp3) is 0.312. The minimum absolute atomic E-state index is 0.229. The highest BCUT2D eigenvalue weighted by Crippen LogP contribution is 1.98. The molecule has 0 atom stereocenters. The zero-order valence-corrected chi connectivity index (χ0v) is 13.1. The lowest BCUT2D eigenvalue weighted by molar-refractivity contribution is 0.0926. The van der Waals surface area contributed by atoms with Gasteiger partial charge in [-0.1, -0.05) is 6.07 Å². The van der Waals surface area contributed by atoms with Crippen LogP contribution in [0.3, 0.4) is 0 Å². The normalized spacial score (nSPS) is 11.1. The van der Waals surface area contributed by atoms with Gasteiger partial charge < -0.3 is 20.4 Å². The first-order chi connectivity index (χ1) is 11.3. The van der Waals surface area contributed by atoms with E-state index in [9.17, 15) is 4.79 Å². The summed E-state index contributed by atoms with van der Waals surface area (Å²) < 4.78 is 5.02. The average Bonchev–Trinajstić information content (AvgIpc) is 3.12. The Morgan fingerprint density at radius 1 is 1.17 bits per heavy atom. The van der Waals surface area contributed by atoms with Gasteiger partial charge in [0, 0.05) is 25.8 Å². The van der Waals surface area contributed by atoms with Crippen LogP contribution in [0.15, 0.2) is 52.2 Å². The Morgan fingerprint density at radius 2 is 2.04 bits per heavy atom. The zero-order valence-electron chi connectivity index (χ0n) is 13.1. The lowest BCUT2D eigenvalue weighted by Crippen LogP contribution is -2.41. The summed E-state index contributed by atoms with van der Waals surface area (Å²) in [4.78, 5) is 20.4. The number of furan rings is 1. The van der Waals surface area contributed by atoms with Gasteiger partial charge in [0.05, 0.1) is 18.5 Å². The maximum absolute atomic E-state index is 11.7. The largest absolute Gasteiger partial charge is 0.459 e. The van der Waals surface area contributed by atoms with Gasteiger partial charge in [-0.25, -0.2) is 4.99 Å². The van der Waals surface area contributed by atoms with E-state index in [2.05, 4.69) is 25.9 Å². The number of rotatable bonds is 7. The summed E-state index contributed by atoms with van der Waals surface area (Å²) >= 11 is 0. The summed E-state index contributed by atoms with van der Waals surface area (Å²) in [6.45, 7) is 4.27. The van der Waals surface area contributed by atoms with Crippen LogP contribution in [0.4, 0.5) is 0 Å². The number of aliphatic imine (C=N–C) groups is 1. The molecule has 0 saturated carbocycles. The Kier molecular flexibility index (Phi) is 6.65. The number of amides is 1. The second-order valence-electron chi connectivity index (χ2n) is 4.68. The molecule has 7 heteroatoms. The van der Waals surface area contributed by atoms with Crippen LogP contribution in [0.1, 0.15) is 23.2 Å². The Bertz CT molecular complexity index is 611. The molecule has 2 rings (SSSR count). The number of pyridine rings is 1. The molecule has 0 spiro atoms. The van der Waals surface area contributed by atoms with Gasteiger partial charge in [0.15, 0.2) is 11.7 Å². The molecule has 0 bridgehead atoms. The molecule has 0 aliphatic carbocycles. The van der Waals surface area contributed by atoms with E-state index in [1.54, 1.807) is 18.3 Å². The highest BCUT2D eigenvalue weighted by atomic mass is 16.3. The average molecular weight is 315 g/mol. The first kappa shape index (κ1) is 16.5. The Morgan fingerprint density at radius 3 is 2.74 bits per heavy atom. The van der Waals surface area contributed by atoms with Gasteiger partial charge in [-0.05, 0) is 31.2 Å². The fourth-order valence-corrected chi connectivity index (χ4v) is 1.85. The number of hydrogen-bond donors (Lipinski definition) is 3. The van der Waals surface area contributed by atoms with Crippen LogP contribution in [0.25, 0.3) is 0 Å². The summed E-state index contributed by atoms with van der Waals surface area (Å²) in [7, 11) is 0. The van der Waals surface area contributed by atoms with Crippen LogP contribution >= 0.6 is 0 Å². The molecule has 0 aliphatic rings. The predicted octanol–water partition coefficient (Wildman–Crippen LogP) is 1.16. The minimum atomic E-state index is -0.229. The van der Waals surface area contributed by atoms with Gasteiger partial charge in [0.1, 0.15) is 0 Å². The van der Waals surface area contributed by atoms with Crippen LogP contribution in [0.5, 0.6) is 0 Å². The summed E-state index contributed by atoms with van der Waals surface area (Å²) in [5.41, 5.74) is 0.899. The minimum Gasteiger partial charge on any atom is -0.459 e. The van der Waals surface area contributed by atoms with E-state index in [0.717, 1.165) is 12.2 Å². The highest BCUT2D eigenvalue weighted by Gasteiger charge is 2.06. The van der Waals surface area contributed by atoms with Gasteiger partial charge in [-0.2, -0.15) is 0 Å². The van der Waals surface area contributed by atoms with Crippen molar-refractivity contribution in [3.63, 3.8) is 0 Å². The summed E-state index contributed by atoms with van der Waals surface area (Å²) in [5.74, 6) is 0.762. The number of carbonyl (C=O) groups is 1. The molecule has 0 aromatic carbocycles. The third-order valence-corrected chi connectivity index (χ3v) is 2.92. The molecular weight excluding hydrogens is 294 g/mol.